The molecule has 2 atom stereocenters. The van der Waals surface area contributed by atoms with Crippen molar-refractivity contribution in [1.29, 1.82) is 5.26 Å². The van der Waals surface area contributed by atoms with Crippen LogP contribution in [0.5, 0.6) is 0 Å². The van der Waals surface area contributed by atoms with Crippen LogP contribution in [0.2, 0.25) is 0 Å². The molecule has 0 unspecified atom stereocenters. The number of hydrogen-bond acceptors (Lipinski definition) is 7. The highest BCUT2D eigenvalue weighted by Crippen LogP contribution is 2.25. The molecule has 1 heterocycles. The van der Waals surface area contributed by atoms with E-state index >= 15 is 0 Å². The summed E-state index contributed by atoms with van der Waals surface area (Å²) in [6.07, 6.45) is 10.4. The second-order valence-corrected chi connectivity index (χ2v) is 7.44. The highest BCUT2D eigenvalue weighted by molar-refractivity contribution is 5.54. The maximum atomic E-state index is 10.0. The average molecular weight is 359 g/mol. The van der Waals surface area contributed by atoms with Gasteiger partial charge in [0, 0.05) is 19.2 Å². The Labute approximate surface area is 155 Å². The van der Waals surface area contributed by atoms with Crippen LogP contribution < -0.4 is 10.6 Å². The van der Waals surface area contributed by atoms with E-state index in [0.29, 0.717) is 35.9 Å². The number of ether oxygens (including phenoxy) is 1. The molecular formula is C19H29N5O2. The molecule has 0 bridgehead atoms. The summed E-state index contributed by atoms with van der Waals surface area (Å²) in [7, 11) is 1.77. The van der Waals surface area contributed by atoms with Crippen molar-refractivity contribution < 1.29 is 9.84 Å². The van der Waals surface area contributed by atoms with E-state index in [4.69, 9.17) is 4.74 Å². The number of nitrogens with zero attached hydrogens (tertiary/aromatic N) is 3. The lowest BCUT2D eigenvalue weighted by Gasteiger charge is -2.28. The summed E-state index contributed by atoms with van der Waals surface area (Å²) in [6, 6.07) is 2.64. The number of nitrogens with one attached hydrogen (secondary N) is 2. The van der Waals surface area contributed by atoms with Gasteiger partial charge in [0.2, 0.25) is 5.95 Å². The van der Waals surface area contributed by atoms with E-state index in [-0.39, 0.29) is 12.1 Å². The second-order valence-electron chi connectivity index (χ2n) is 7.44. The molecule has 0 amide bonds. The normalized spacial score (nSPS) is 29.4. The number of nitriles is 1. The molecule has 0 saturated heterocycles. The van der Waals surface area contributed by atoms with Gasteiger partial charge >= 0.3 is 0 Å². The minimum Gasteiger partial charge on any atom is -0.393 e. The van der Waals surface area contributed by atoms with E-state index in [2.05, 4.69) is 26.7 Å². The predicted molar refractivity (Wildman–Crippen MR) is 99.9 cm³/mol. The quantitative estimate of drug-likeness (QED) is 0.695. The minimum absolute atomic E-state index is 0.138. The molecule has 7 heteroatoms. The van der Waals surface area contributed by atoms with Crippen molar-refractivity contribution in [2.45, 2.75) is 82.1 Å². The zero-order valence-electron chi connectivity index (χ0n) is 15.4. The van der Waals surface area contributed by atoms with Crippen LogP contribution in [0.4, 0.5) is 11.8 Å². The van der Waals surface area contributed by atoms with Crippen LogP contribution in [0.3, 0.4) is 0 Å². The Bertz CT molecular complexity index is 625. The van der Waals surface area contributed by atoms with Crippen LogP contribution in [0.15, 0.2) is 6.20 Å². The first kappa shape index (κ1) is 18.9. The van der Waals surface area contributed by atoms with Gasteiger partial charge in [-0.1, -0.05) is 12.8 Å². The van der Waals surface area contributed by atoms with Gasteiger partial charge in [-0.25, -0.2) is 4.98 Å². The van der Waals surface area contributed by atoms with Crippen molar-refractivity contribution in [1.82, 2.24) is 9.97 Å². The predicted octanol–water partition coefficient (Wildman–Crippen LogP) is 2.82. The Hall–Kier alpha value is -1.91. The highest BCUT2D eigenvalue weighted by atomic mass is 16.5. The number of methoxy groups -OCH3 is 1. The maximum absolute atomic E-state index is 10.0. The summed E-state index contributed by atoms with van der Waals surface area (Å²) in [4.78, 5) is 8.86. The van der Waals surface area contributed by atoms with E-state index in [1.165, 1.54) is 0 Å². The molecule has 0 spiro atoms. The molecule has 142 valence electrons. The molecular weight excluding hydrogens is 330 g/mol. The number of hydrogen-bond donors (Lipinski definition) is 3. The van der Waals surface area contributed by atoms with Gasteiger partial charge in [0.1, 0.15) is 17.5 Å². The Morgan fingerprint density at radius 3 is 2.62 bits per heavy atom. The standard InChI is InChI=1S/C19H29N5O2/c1-26-17-8-6-14(7-9-17)23-19-21-12-13(11-20)18(24-19)22-15-4-2-3-5-16(25)10-15/h12,14-17,25H,2-10H2,1H3,(H2,21,22,23,24)/t14-,15-,16-,17-/m1/s1. The lowest BCUT2D eigenvalue weighted by Crippen LogP contribution is -2.30. The molecule has 7 nitrogen and oxygen atoms in total. The van der Waals surface area contributed by atoms with Crippen LogP contribution in [-0.4, -0.2) is 46.5 Å². The van der Waals surface area contributed by atoms with Gasteiger partial charge in [-0.15, -0.1) is 0 Å². The molecule has 2 fully saturated rings. The molecule has 3 N–H and O–H groups in total. The average Bonchev–Trinajstić information content (AvgIpc) is 2.86. The van der Waals surface area contributed by atoms with E-state index in [0.717, 1.165) is 51.4 Å². The second kappa shape index (κ2) is 9.15. The van der Waals surface area contributed by atoms with Crippen LogP contribution in [0.25, 0.3) is 0 Å². The highest BCUT2D eigenvalue weighted by Gasteiger charge is 2.23. The monoisotopic (exact) mass is 359 g/mol. The van der Waals surface area contributed by atoms with Crippen LogP contribution in [0, 0.1) is 11.3 Å². The number of aliphatic hydroxyl groups is 1. The lowest BCUT2D eigenvalue weighted by atomic mass is 9.93. The third-order valence-corrected chi connectivity index (χ3v) is 5.49. The van der Waals surface area contributed by atoms with E-state index in [1.54, 1.807) is 13.3 Å². The zero-order valence-corrected chi connectivity index (χ0v) is 15.4. The van der Waals surface area contributed by atoms with E-state index < -0.39 is 0 Å². The maximum Gasteiger partial charge on any atom is 0.224 e. The van der Waals surface area contributed by atoms with Crippen molar-refractivity contribution in [2.24, 2.45) is 0 Å². The summed E-state index contributed by atoms with van der Waals surface area (Å²) in [5.74, 6) is 1.12. The van der Waals surface area contributed by atoms with Crippen molar-refractivity contribution in [3.63, 3.8) is 0 Å². The summed E-state index contributed by atoms with van der Waals surface area (Å²) >= 11 is 0. The Balaban J connectivity index is 1.65. The first-order valence-corrected chi connectivity index (χ1v) is 9.69. The van der Waals surface area contributed by atoms with Crippen LogP contribution >= 0.6 is 0 Å². The van der Waals surface area contributed by atoms with Crippen molar-refractivity contribution in [3.8, 4) is 6.07 Å². The number of anilines is 2. The van der Waals surface area contributed by atoms with Crippen LogP contribution in [-0.2, 0) is 4.74 Å². The molecule has 3 rings (SSSR count). The summed E-state index contributed by atoms with van der Waals surface area (Å²) < 4.78 is 5.42. The van der Waals surface area contributed by atoms with Crippen molar-refractivity contribution >= 4 is 11.8 Å². The topological polar surface area (TPSA) is 103 Å². The molecule has 1 aromatic heterocycles. The smallest absolute Gasteiger partial charge is 0.224 e. The number of aliphatic hydroxyl groups excluding tert-OH is 1. The Morgan fingerprint density at radius 1 is 1.12 bits per heavy atom. The molecule has 2 aliphatic carbocycles. The largest absolute Gasteiger partial charge is 0.393 e. The van der Waals surface area contributed by atoms with Gasteiger partial charge in [0.15, 0.2) is 0 Å². The fraction of sp³-hybridized carbons (Fsp3) is 0.737. The Kier molecular flexibility index (Phi) is 6.64. The number of rotatable bonds is 5. The first-order chi connectivity index (χ1) is 12.7. The molecule has 1 aromatic rings. The molecule has 0 aromatic carbocycles. The summed E-state index contributed by atoms with van der Waals surface area (Å²) in [5.41, 5.74) is 0.442. The molecule has 2 saturated carbocycles. The zero-order chi connectivity index (χ0) is 18.4. The molecule has 2 aliphatic rings. The third kappa shape index (κ3) is 5.05. The lowest BCUT2D eigenvalue weighted by molar-refractivity contribution is 0.0681. The Morgan fingerprint density at radius 2 is 1.88 bits per heavy atom. The van der Waals surface area contributed by atoms with Gasteiger partial charge in [0.05, 0.1) is 18.4 Å². The fourth-order valence-electron chi connectivity index (χ4n) is 3.93. The number of aromatic nitrogens is 2. The van der Waals surface area contributed by atoms with E-state index in [9.17, 15) is 10.4 Å². The summed E-state index contributed by atoms with van der Waals surface area (Å²) in [6.45, 7) is 0. The first-order valence-electron chi connectivity index (χ1n) is 9.69. The van der Waals surface area contributed by atoms with Crippen molar-refractivity contribution in [3.05, 3.63) is 11.8 Å². The third-order valence-electron chi connectivity index (χ3n) is 5.49. The van der Waals surface area contributed by atoms with Gasteiger partial charge in [0.25, 0.3) is 0 Å². The SMILES string of the molecule is CO[C@H]1CC[C@H](Nc2ncc(C#N)c(N[C@@H]3CCCC[C@@H](O)C3)n2)CC1. The van der Waals surface area contributed by atoms with Crippen molar-refractivity contribution in [2.75, 3.05) is 17.7 Å². The molecule has 0 aliphatic heterocycles. The van der Waals surface area contributed by atoms with Crippen LogP contribution in [0.1, 0.15) is 63.4 Å². The van der Waals surface area contributed by atoms with Gasteiger partial charge in [-0.3, -0.25) is 0 Å². The van der Waals surface area contributed by atoms with E-state index in [1.807, 2.05) is 0 Å². The van der Waals surface area contributed by atoms with Gasteiger partial charge < -0.3 is 20.5 Å². The molecule has 0 radical (unpaired) electrons. The summed E-state index contributed by atoms with van der Waals surface area (Å²) in [5, 5.41) is 26.2. The van der Waals surface area contributed by atoms with Gasteiger partial charge in [-0.05, 0) is 44.9 Å². The molecule has 26 heavy (non-hydrogen) atoms. The fourth-order valence-corrected chi connectivity index (χ4v) is 3.93. The minimum atomic E-state index is -0.282. The van der Waals surface area contributed by atoms with Gasteiger partial charge in [-0.2, -0.15) is 10.2 Å².